The van der Waals surface area contributed by atoms with Crippen molar-refractivity contribution in [3.63, 3.8) is 0 Å². The molecule has 256 valence electrons. The Hall–Kier alpha value is -4.44. The minimum absolute atomic E-state index is 0.0176. The molecule has 5 rings (SSSR count). The summed E-state index contributed by atoms with van der Waals surface area (Å²) in [6, 6.07) is 16.0. The smallest absolute Gasteiger partial charge is 0.335 e. The molecule has 2 aliphatic rings. The minimum atomic E-state index is -1.96. The topological polar surface area (TPSA) is 190 Å². The molecule has 2 saturated heterocycles. The van der Waals surface area contributed by atoms with Crippen molar-refractivity contribution in [2.45, 2.75) is 37.1 Å². The Balaban J connectivity index is 1.46. The lowest BCUT2D eigenvalue weighted by molar-refractivity contribution is -0.271. The molecule has 0 aromatic heterocycles. The van der Waals surface area contributed by atoms with E-state index in [0.717, 1.165) is 38.3 Å². The Bertz CT molecular complexity index is 1620. The maximum Gasteiger partial charge on any atom is 0.335 e. The minimum Gasteiger partial charge on any atom is -0.497 e. The van der Waals surface area contributed by atoms with Crippen molar-refractivity contribution in [2.75, 3.05) is 55.9 Å². The summed E-state index contributed by atoms with van der Waals surface area (Å²) in [5.74, 6) is -2.65. The maximum atomic E-state index is 13.6. The zero-order valence-corrected chi connectivity index (χ0v) is 27.0. The third-order valence-electron chi connectivity index (χ3n) is 8.17. The van der Waals surface area contributed by atoms with E-state index in [-0.39, 0.29) is 27.6 Å². The first-order valence-corrected chi connectivity index (χ1v) is 15.6. The number of carbonyl (C=O) groups excluding carboxylic acids is 2. The van der Waals surface area contributed by atoms with E-state index in [1.165, 1.54) is 19.2 Å². The first-order chi connectivity index (χ1) is 22.9. The van der Waals surface area contributed by atoms with Crippen LogP contribution in [0.25, 0.3) is 0 Å². The molecule has 0 spiro atoms. The van der Waals surface area contributed by atoms with E-state index in [2.05, 4.69) is 27.5 Å². The number of nitrogens with zero attached hydrogens (tertiary/aromatic N) is 2. The molecule has 3 aromatic rings. The Kier molecular flexibility index (Phi) is 11.0. The number of nitrogens with one attached hydrogen (secondary N) is 2. The lowest BCUT2D eigenvalue weighted by atomic mass is 9.99. The summed E-state index contributed by atoms with van der Waals surface area (Å²) in [6.45, 7) is 3.61. The molecule has 5 atom stereocenters. The second kappa shape index (κ2) is 15.2. The van der Waals surface area contributed by atoms with Crippen LogP contribution >= 0.6 is 11.6 Å². The molecule has 6 N–H and O–H groups in total. The fraction of sp³-hybridized carbons (Fsp3) is 0.364. The summed E-state index contributed by atoms with van der Waals surface area (Å²) in [6.07, 6.45) is -8.62. The summed E-state index contributed by atoms with van der Waals surface area (Å²) < 4.78 is 16.2. The monoisotopic (exact) mass is 684 g/mol. The van der Waals surface area contributed by atoms with E-state index in [0.29, 0.717) is 11.4 Å². The molecule has 3 aromatic carbocycles. The predicted molar refractivity (Wildman–Crippen MR) is 176 cm³/mol. The molecular weight excluding hydrogens is 648 g/mol. The summed E-state index contributed by atoms with van der Waals surface area (Å²) in [5, 5.41) is 45.9. The van der Waals surface area contributed by atoms with Crippen LogP contribution in [-0.2, 0) is 9.53 Å². The number of halogens is 1. The number of hydrogen-bond donors (Lipinski definition) is 6. The number of carboxylic acid groups (broad SMARTS) is 1. The molecule has 0 aliphatic carbocycles. The maximum absolute atomic E-state index is 13.6. The zero-order chi connectivity index (χ0) is 34.5. The number of aliphatic hydroxyl groups is 3. The van der Waals surface area contributed by atoms with Gasteiger partial charge in [-0.3, -0.25) is 9.59 Å². The summed E-state index contributed by atoms with van der Waals surface area (Å²) in [7, 11) is 3.58. The number of aliphatic carboxylic acids is 1. The highest BCUT2D eigenvalue weighted by molar-refractivity contribution is 6.31. The van der Waals surface area contributed by atoms with Gasteiger partial charge >= 0.3 is 5.97 Å². The molecule has 0 saturated carbocycles. The van der Waals surface area contributed by atoms with Gasteiger partial charge in [-0.2, -0.15) is 0 Å². The van der Waals surface area contributed by atoms with Crippen molar-refractivity contribution in [1.29, 1.82) is 0 Å². The van der Waals surface area contributed by atoms with Gasteiger partial charge in [0.1, 0.15) is 29.8 Å². The van der Waals surface area contributed by atoms with Gasteiger partial charge in [0, 0.05) is 47.7 Å². The van der Waals surface area contributed by atoms with E-state index in [9.17, 15) is 34.8 Å². The summed E-state index contributed by atoms with van der Waals surface area (Å²) >= 11 is 6.38. The van der Waals surface area contributed by atoms with Gasteiger partial charge in [-0.05, 0) is 74.6 Å². The Morgan fingerprint density at radius 3 is 2.25 bits per heavy atom. The van der Waals surface area contributed by atoms with Crippen molar-refractivity contribution >= 4 is 46.4 Å². The van der Waals surface area contributed by atoms with Crippen LogP contribution < -0.4 is 25.0 Å². The number of benzene rings is 3. The van der Waals surface area contributed by atoms with E-state index < -0.39 is 48.5 Å². The van der Waals surface area contributed by atoms with E-state index in [1.807, 2.05) is 12.1 Å². The van der Waals surface area contributed by atoms with Gasteiger partial charge in [-0.25, -0.2) is 4.79 Å². The lowest BCUT2D eigenvalue weighted by Crippen LogP contribution is -2.61. The Labute approximate surface area is 281 Å². The summed E-state index contributed by atoms with van der Waals surface area (Å²) in [4.78, 5) is 43.4. The largest absolute Gasteiger partial charge is 0.497 e. The van der Waals surface area contributed by atoms with Gasteiger partial charge in [-0.15, -0.1) is 0 Å². The number of amides is 2. The predicted octanol–water partition coefficient (Wildman–Crippen LogP) is 2.27. The number of anilines is 3. The number of ether oxygens (including phenoxy) is 3. The second-order valence-electron chi connectivity index (χ2n) is 11.5. The number of hydrogen-bond acceptors (Lipinski definition) is 11. The molecule has 2 amide bonds. The van der Waals surface area contributed by atoms with Crippen molar-refractivity contribution in [3.8, 4) is 11.5 Å². The Morgan fingerprint density at radius 1 is 0.875 bits per heavy atom. The molecular formula is C33H37ClN4O10. The highest BCUT2D eigenvalue weighted by atomic mass is 35.5. The average Bonchev–Trinajstić information content (AvgIpc) is 3.30. The highest BCUT2D eigenvalue weighted by Crippen LogP contribution is 2.36. The number of rotatable bonds is 9. The fourth-order valence-electron chi connectivity index (χ4n) is 5.44. The zero-order valence-electron chi connectivity index (χ0n) is 26.2. The van der Waals surface area contributed by atoms with Gasteiger partial charge in [0.15, 0.2) is 6.10 Å². The van der Waals surface area contributed by atoms with Gasteiger partial charge in [0.25, 0.3) is 11.8 Å². The standard InChI is InChI=1S/C33H37ClN4O10/c1-37-12-3-13-38(15-14-37)21-8-4-18(5-9-21)30(42)36-25-23(31(43)35-20-6-10-22(46-2)11-7-20)16-19(34)17-24(25)47-33-28(41)26(39)27(40)29(48-33)32(44)45/h4-11,16-17,26-29,33,39-41H,3,12-15H2,1-2H3,(H,35,43)(H,36,42)(H,44,45)/t26-,27-,28+,29-,33+/m0/s1. The van der Waals surface area contributed by atoms with Crippen LogP contribution in [0.1, 0.15) is 27.1 Å². The molecule has 2 fully saturated rings. The quantitative estimate of drug-likeness (QED) is 0.193. The van der Waals surface area contributed by atoms with Crippen LogP contribution in [0.15, 0.2) is 60.7 Å². The highest BCUT2D eigenvalue weighted by Gasteiger charge is 2.48. The van der Waals surface area contributed by atoms with Crippen molar-refractivity contribution in [1.82, 2.24) is 4.90 Å². The van der Waals surface area contributed by atoms with Gasteiger partial charge in [-0.1, -0.05) is 11.6 Å². The second-order valence-corrected chi connectivity index (χ2v) is 11.9. The van der Waals surface area contributed by atoms with Gasteiger partial charge in [0.2, 0.25) is 6.29 Å². The molecule has 15 heteroatoms. The number of aliphatic hydroxyl groups excluding tert-OH is 3. The average molecular weight is 685 g/mol. The van der Waals surface area contributed by atoms with Crippen molar-refractivity contribution in [3.05, 3.63) is 76.8 Å². The first kappa shape index (κ1) is 34.9. The van der Waals surface area contributed by atoms with Crippen LogP contribution in [0.4, 0.5) is 17.1 Å². The summed E-state index contributed by atoms with van der Waals surface area (Å²) in [5.41, 5.74) is 1.27. The fourth-order valence-corrected chi connectivity index (χ4v) is 5.65. The Morgan fingerprint density at radius 2 is 1.58 bits per heavy atom. The van der Waals surface area contributed by atoms with Crippen LogP contribution in [0, 0.1) is 0 Å². The van der Waals surface area contributed by atoms with Crippen molar-refractivity contribution in [2.24, 2.45) is 0 Å². The number of likely N-dealkylation sites (N-methyl/N-ethyl adjacent to an activating group) is 1. The molecule has 2 aliphatic heterocycles. The van der Waals surface area contributed by atoms with E-state index >= 15 is 0 Å². The van der Waals surface area contributed by atoms with E-state index in [1.54, 1.807) is 36.4 Å². The molecule has 14 nitrogen and oxygen atoms in total. The lowest BCUT2D eigenvalue weighted by Gasteiger charge is -2.38. The van der Waals surface area contributed by atoms with Gasteiger partial charge in [0.05, 0.1) is 18.4 Å². The third kappa shape index (κ3) is 7.98. The molecule has 0 bridgehead atoms. The van der Waals surface area contributed by atoms with E-state index in [4.69, 9.17) is 25.8 Å². The van der Waals surface area contributed by atoms with Crippen molar-refractivity contribution < 1.29 is 49.0 Å². The van der Waals surface area contributed by atoms with Crippen LogP contribution in [-0.4, -0.2) is 114 Å². The molecule has 48 heavy (non-hydrogen) atoms. The normalized spacial score (nSPS) is 23.1. The van der Waals surface area contributed by atoms with Crippen LogP contribution in [0.5, 0.6) is 11.5 Å². The molecule has 0 radical (unpaired) electrons. The van der Waals surface area contributed by atoms with Crippen LogP contribution in [0.3, 0.4) is 0 Å². The first-order valence-electron chi connectivity index (χ1n) is 15.2. The molecule has 2 heterocycles. The molecule has 0 unspecified atom stereocenters. The van der Waals surface area contributed by atoms with Gasteiger partial charge < -0.3 is 55.1 Å². The number of methoxy groups -OCH3 is 1. The van der Waals surface area contributed by atoms with Crippen LogP contribution in [0.2, 0.25) is 5.02 Å². The number of carbonyl (C=O) groups is 3. The number of carboxylic acids is 1. The third-order valence-corrected chi connectivity index (χ3v) is 8.39. The SMILES string of the molecule is COc1ccc(NC(=O)c2cc(Cl)cc(O[C@@H]3O[C@H](C(=O)O)[C@@H](O)[C@H](O)[C@H]3O)c2NC(=O)c2ccc(N3CCCN(C)CC3)cc2)cc1.